The fraction of sp³-hybridized carbons (Fsp3) is 0.409. The van der Waals surface area contributed by atoms with Gasteiger partial charge in [0, 0.05) is 12.0 Å². The van der Waals surface area contributed by atoms with Crippen molar-refractivity contribution >= 4 is 5.78 Å². The molecule has 0 saturated heterocycles. The first-order chi connectivity index (χ1) is 11.1. The Morgan fingerprint density at radius 3 is 2.17 bits per heavy atom. The predicted molar refractivity (Wildman–Crippen MR) is 95.9 cm³/mol. The van der Waals surface area contributed by atoms with Gasteiger partial charge in [-0.3, -0.25) is 4.79 Å². The average Bonchev–Trinajstić information content (AvgIpc) is 2.52. The van der Waals surface area contributed by atoms with Gasteiger partial charge in [0.15, 0.2) is 5.78 Å². The third kappa shape index (κ3) is 3.55. The molecule has 1 fully saturated rings. The molecule has 1 nitrogen and oxygen atoms in total. The molecule has 1 saturated carbocycles. The molecule has 0 heterocycles. The highest BCUT2D eigenvalue weighted by atomic mass is 16.1. The largest absolute Gasteiger partial charge is 0.294 e. The zero-order chi connectivity index (χ0) is 16.3. The first-order valence-electron chi connectivity index (χ1n) is 8.77. The molecule has 3 rings (SSSR count). The minimum atomic E-state index is 0.203. The van der Waals surface area contributed by atoms with E-state index in [4.69, 9.17) is 0 Å². The van der Waals surface area contributed by atoms with Crippen molar-refractivity contribution in [1.29, 1.82) is 0 Å². The Balaban J connectivity index is 1.73. The third-order valence-corrected chi connectivity index (χ3v) is 5.14. The van der Waals surface area contributed by atoms with Crippen molar-refractivity contribution in [2.45, 2.75) is 51.4 Å². The Hall–Kier alpha value is -1.89. The molecule has 1 aliphatic rings. The smallest absolute Gasteiger partial charge is 0.167 e. The molecule has 0 radical (unpaired) electrons. The summed E-state index contributed by atoms with van der Waals surface area (Å²) >= 11 is 0. The Morgan fingerprint density at radius 2 is 1.65 bits per heavy atom. The van der Waals surface area contributed by atoms with Crippen LogP contribution in [0.1, 0.15) is 61.0 Å². The number of ketones is 1. The SMILES string of the molecule is CC(C)CC1(c2ccc(C(=O)Cc3ccccc3)cc2)CCC1. The van der Waals surface area contributed by atoms with Gasteiger partial charge in [-0.2, -0.15) is 0 Å². The van der Waals surface area contributed by atoms with Crippen molar-refractivity contribution in [1.82, 2.24) is 0 Å². The predicted octanol–water partition coefficient (Wildman–Crippen LogP) is 5.58. The molecule has 1 heteroatoms. The van der Waals surface area contributed by atoms with E-state index >= 15 is 0 Å². The van der Waals surface area contributed by atoms with Gasteiger partial charge in [-0.1, -0.05) is 74.9 Å². The number of carbonyl (C=O) groups excluding carboxylic acids is 1. The van der Waals surface area contributed by atoms with Crippen molar-refractivity contribution in [3.63, 3.8) is 0 Å². The van der Waals surface area contributed by atoms with Gasteiger partial charge in [-0.15, -0.1) is 0 Å². The van der Waals surface area contributed by atoms with E-state index in [1.165, 1.54) is 31.2 Å². The van der Waals surface area contributed by atoms with Crippen LogP contribution < -0.4 is 0 Å². The molecule has 0 unspecified atom stereocenters. The number of benzene rings is 2. The summed E-state index contributed by atoms with van der Waals surface area (Å²) in [6.45, 7) is 4.61. The van der Waals surface area contributed by atoms with Crippen molar-refractivity contribution in [3.05, 3.63) is 71.3 Å². The third-order valence-electron chi connectivity index (χ3n) is 5.14. The summed E-state index contributed by atoms with van der Waals surface area (Å²) in [4.78, 5) is 12.4. The fourth-order valence-electron chi connectivity index (χ4n) is 3.89. The van der Waals surface area contributed by atoms with Crippen molar-refractivity contribution in [2.24, 2.45) is 5.92 Å². The second kappa shape index (κ2) is 6.70. The molecular formula is C22H26O. The standard InChI is InChI=1S/C22H26O/c1-17(2)16-22(13-6-14-22)20-11-9-19(10-12-20)21(23)15-18-7-4-3-5-8-18/h3-5,7-12,17H,6,13-16H2,1-2H3. The van der Waals surface area contributed by atoms with Crippen LogP contribution in [-0.4, -0.2) is 5.78 Å². The molecule has 0 N–H and O–H groups in total. The average molecular weight is 306 g/mol. The van der Waals surface area contributed by atoms with Crippen molar-refractivity contribution < 1.29 is 4.79 Å². The molecule has 0 atom stereocenters. The molecule has 23 heavy (non-hydrogen) atoms. The van der Waals surface area contributed by atoms with Gasteiger partial charge >= 0.3 is 0 Å². The van der Waals surface area contributed by atoms with E-state index in [1.54, 1.807) is 0 Å². The summed E-state index contributed by atoms with van der Waals surface area (Å²) in [7, 11) is 0. The maximum atomic E-state index is 12.4. The van der Waals surface area contributed by atoms with Crippen LogP contribution in [0.15, 0.2) is 54.6 Å². The van der Waals surface area contributed by atoms with Gasteiger partial charge in [0.2, 0.25) is 0 Å². The molecule has 1 aliphatic carbocycles. The maximum Gasteiger partial charge on any atom is 0.167 e. The maximum absolute atomic E-state index is 12.4. The summed E-state index contributed by atoms with van der Waals surface area (Å²) < 4.78 is 0. The van der Waals surface area contributed by atoms with Crippen LogP contribution in [-0.2, 0) is 11.8 Å². The second-order valence-electron chi connectivity index (χ2n) is 7.39. The van der Waals surface area contributed by atoms with Crippen molar-refractivity contribution in [2.75, 3.05) is 0 Å². The number of hydrogen-bond acceptors (Lipinski definition) is 1. The van der Waals surface area contributed by atoms with E-state index < -0.39 is 0 Å². The number of rotatable bonds is 6. The minimum absolute atomic E-state index is 0.203. The second-order valence-corrected chi connectivity index (χ2v) is 7.39. The molecule has 0 spiro atoms. The lowest BCUT2D eigenvalue weighted by Crippen LogP contribution is -2.35. The number of hydrogen-bond donors (Lipinski definition) is 0. The van der Waals surface area contributed by atoms with Gasteiger partial charge < -0.3 is 0 Å². The molecule has 0 bridgehead atoms. The zero-order valence-corrected chi connectivity index (χ0v) is 14.2. The first kappa shape index (κ1) is 16.0. The Labute approximate surface area is 139 Å². The monoisotopic (exact) mass is 306 g/mol. The van der Waals surface area contributed by atoms with E-state index in [-0.39, 0.29) is 5.78 Å². The molecular weight excluding hydrogens is 280 g/mol. The van der Waals surface area contributed by atoms with Crippen LogP contribution in [0, 0.1) is 5.92 Å². The molecule has 2 aromatic carbocycles. The first-order valence-corrected chi connectivity index (χ1v) is 8.77. The summed E-state index contributed by atoms with van der Waals surface area (Å²) in [5.41, 5.74) is 3.71. The lowest BCUT2D eigenvalue weighted by atomic mass is 9.61. The van der Waals surface area contributed by atoms with Gasteiger partial charge in [-0.25, -0.2) is 0 Å². The summed E-state index contributed by atoms with van der Waals surface area (Å²) in [5, 5.41) is 0. The van der Waals surface area contributed by atoms with E-state index in [2.05, 4.69) is 26.0 Å². The molecule has 120 valence electrons. The van der Waals surface area contributed by atoms with E-state index in [1.807, 2.05) is 42.5 Å². The lowest BCUT2D eigenvalue weighted by molar-refractivity contribution is 0.0993. The van der Waals surface area contributed by atoms with Crippen LogP contribution in [0.3, 0.4) is 0 Å². The molecule has 2 aromatic rings. The molecule has 0 aromatic heterocycles. The molecule has 0 aliphatic heterocycles. The number of Topliss-reactive ketones (excluding diaryl/α,β-unsaturated/α-hetero) is 1. The quantitative estimate of drug-likeness (QED) is 0.637. The summed E-state index contributed by atoms with van der Waals surface area (Å²) in [5.74, 6) is 0.920. The van der Waals surface area contributed by atoms with Crippen LogP contribution in [0.5, 0.6) is 0 Å². The summed E-state index contributed by atoms with van der Waals surface area (Å²) in [6, 6.07) is 18.4. The van der Waals surface area contributed by atoms with Crippen molar-refractivity contribution in [3.8, 4) is 0 Å². The van der Waals surface area contributed by atoms with Crippen LogP contribution in [0.4, 0.5) is 0 Å². The van der Waals surface area contributed by atoms with Crippen LogP contribution in [0.2, 0.25) is 0 Å². The van der Waals surface area contributed by atoms with Gasteiger partial charge in [0.05, 0.1) is 0 Å². The van der Waals surface area contributed by atoms with E-state index in [0.717, 1.165) is 17.0 Å². The van der Waals surface area contributed by atoms with Gasteiger partial charge in [0.1, 0.15) is 0 Å². The van der Waals surface area contributed by atoms with E-state index in [9.17, 15) is 4.79 Å². The highest BCUT2D eigenvalue weighted by Gasteiger charge is 2.38. The normalized spacial score (nSPS) is 16.1. The highest BCUT2D eigenvalue weighted by Crippen LogP contribution is 2.48. The fourth-order valence-corrected chi connectivity index (χ4v) is 3.89. The lowest BCUT2D eigenvalue weighted by Gasteiger charge is -2.44. The topological polar surface area (TPSA) is 17.1 Å². The Morgan fingerprint density at radius 1 is 1.00 bits per heavy atom. The van der Waals surface area contributed by atoms with Crippen LogP contribution >= 0.6 is 0 Å². The van der Waals surface area contributed by atoms with Gasteiger partial charge in [0.25, 0.3) is 0 Å². The number of carbonyl (C=O) groups is 1. The molecule has 0 amide bonds. The summed E-state index contributed by atoms with van der Waals surface area (Å²) in [6.07, 6.45) is 5.66. The highest BCUT2D eigenvalue weighted by molar-refractivity contribution is 5.97. The van der Waals surface area contributed by atoms with Crippen LogP contribution in [0.25, 0.3) is 0 Å². The zero-order valence-electron chi connectivity index (χ0n) is 14.2. The Bertz CT molecular complexity index is 648. The van der Waals surface area contributed by atoms with Gasteiger partial charge in [-0.05, 0) is 41.7 Å². The Kier molecular flexibility index (Phi) is 4.66. The van der Waals surface area contributed by atoms with E-state index in [0.29, 0.717) is 11.8 Å². The minimum Gasteiger partial charge on any atom is -0.294 e.